The van der Waals surface area contributed by atoms with Crippen molar-refractivity contribution in [1.29, 1.82) is 0 Å². The van der Waals surface area contributed by atoms with E-state index < -0.39 is 13.4 Å². The van der Waals surface area contributed by atoms with Gasteiger partial charge in [0.2, 0.25) is 0 Å². The predicted molar refractivity (Wildman–Crippen MR) is 89.0 cm³/mol. The lowest BCUT2D eigenvalue weighted by molar-refractivity contribution is -0.274. The molecule has 0 amide bonds. The molecule has 1 aliphatic rings. The fraction of sp³-hybridized carbons (Fsp3) is 0.133. The van der Waals surface area contributed by atoms with E-state index in [2.05, 4.69) is 9.84 Å². The molecule has 2 aromatic rings. The highest BCUT2D eigenvalue weighted by Crippen LogP contribution is 2.26. The number of nitrogens with zero attached hydrogens (tertiary/aromatic N) is 2. The maximum atomic E-state index is 12.4. The average Bonchev–Trinajstić information content (AvgIpc) is 2.54. The number of anilines is 1. The molecule has 0 unspecified atom stereocenters. The van der Waals surface area contributed by atoms with Gasteiger partial charge >= 0.3 is 13.4 Å². The van der Waals surface area contributed by atoms with Crippen LogP contribution in [0.25, 0.3) is 0 Å². The fourth-order valence-corrected chi connectivity index (χ4v) is 2.82. The van der Waals surface area contributed by atoms with Crippen LogP contribution in [0, 0.1) is 0 Å². The van der Waals surface area contributed by atoms with E-state index in [0.717, 1.165) is 4.90 Å². The molecule has 0 saturated carbocycles. The minimum Gasteiger partial charge on any atom is -0.427 e. The van der Waals surface area contributed by atoms with Gasteiger partial charge in [-0.25, -0.2) is 0 Å². The molecule has 1 aliphatic heterocycles. The minimum absolute atomic E-state index is 0.293. The average molecular weight is 352 g/mol. The summed E-state index contributed by atoms with van der Waals surface area (Å²) in [6.07, 6.45) is -1.37. The molecule has 0 saturated heterocycles. The summed E-state index contributed by atoms with van der Waals surface area (Å²) in [6, 6.07) is 11.1. The maximum absolute atomic E-state index is 12.4. The molecule has 0 spiro atoms. The van der Waals surface area contributed by atoms with Crippen LogP contribution in [0.15, 0.2) is 52.5 Å². The highest BCUT2D eigenvalue weighted by atomic mass is 32.2. The third kappa shape index (κ3) is 3.52. The Morgan fingerprint density at radius 2 is 2.00 bits per heavy atom. The van der Waals surface area contributed by atoms with Crippen LogP contribution in [0.5, 0.6) is 5.75 Å². The Morgan fingerprint density at radius 3 is 2.71 bits per heavy atom. The number of hydrogen-bond donors (Lipinski definition) is 1. The zero-order valence-electron chi connectivity index (χ0n) is 12.5. The summed E-state index contributed by atoms with van der Waals surface area (Å²) in [6.45, 7) is 0. The van der Waals surface area contributed by atoms with Crippen molar-refractivity contribution in [1.82, 2.24) is 0 Å². The van der Waals surface area contributed by atoms with Crippen molar-refractivity contribution in [2.24, 2.45) is 5.10 Å². The Labute approximate surface area is 141 Å². The third-order valence-electron chi connectivity index (χ3n) is 3.44. The van der Waals surface area contributed by atoms with Crippen molar-refractivity contribution in [2.45, 2.75) is 11.3 Å². The van der Waals surface area contributed by atoms with Gasteiger partial charge in [-0.15, -0.1) is 24.9 Å². The molecule has 24 heavy (non-hydrogen) atoms. The Bertz CT molecular complexity index is 786. The molecule has 9 heteroatoms. The smallest absolute Gasteiger partial charge is 0.427 e. The Morgan fingerprint density at radius 1 is 1.21 bits per heavy atom. The van der Waals surface area contributed by atoms with Gasteiger partial charge in [-0.1, -0.05) is 12.1 Å². The summed E-state index contributed by atoms with van der Waals surface area (Å²) in [5, 5.41) is 14.7. The Hall–Kier alpha value is -2.13. The van der Waals surface area contributed by atoms with E-state index in [1.807, 2.05) is 24.5 Å². The van der Waals surface area contributed by atoms with E-state index in [4.69, 9.17) is 0 Å². The Kier molecular flexibility index (Phi) is 4.46. The molecule has 0 aromatic heterocycles. The molecule has 0 radical (unpaired) electrons. The number of fused-ring (bicyclic) bond motifs is 1. The minimum atomic E-state index is -4.78. The van der Waals surface area contributed by atoms with Crippen molar-refractivity contribution in [2.75, 3.05) is 11.2 Å². The van der Waals surface area contributed by atoms with Crippen LogP contribution in [0.3, 0.4) is 0 Å². The number of benzene rings is 2. The maximum Gasteiger partial charge on any atom is 0.573 e. The van der Waals surface area contributed by atoms with E-state index in [9.17, 15) is 18.2 Å². The van der Waals surface area contributed by atoms with Crippen molar-refractivity contribution in [3.8, 4) is 5.75 Å². The summed E-state index contributed by atoms with van der Waals surface area (Å²) in [5.74, 6) is -0.381. The van der Waals surface area contributed by atoms with E-state index in [1.165, 1.54) is 41.1 Å². The van der Waals surface area contributed by atoms with Gasteiger partial charge in [0.25, 0.3) is 0 Å². The zero-order chi connectivity index (χ0) is 17.3. The number of alkyl halides is 3. The molecule has 124 valence electrons. The van der Waals surface area contributed by atoms with Crippen LogP contribution in [-0.2, 0) is 0 Å². The lowest BCUT2D eigenvalue weighted by Crippen LogP contribution is -2.50. The SMILES string of the molecule is CSc1cccc(N2N=Cc3ccc(OC(F)(F)F)cc3B2O)c1. The topological polar surface area (TPSA) is 45.1 Å². The van der Waals surface area contributed by atoms with Gasteiger partial charge < -0.3 is 9.76 Å². The second kappa shape index (κ2) is 6.41. The molecule has 0 aliphatic carbocycles. The normalized spacial score (nSPS) is 13.9. The van der Waals surface area contributed by atoms with Gasteiger partial charge in [0, 0.05) is 10.6 Å². The number of hydrazone groups is 1. The van der Waals surface area contributed by atoms with E-state index in [0.29, 0.717) is 16.7 Å². The predicted octanol–water partition coefficient (Wildman–Crippen LogP) is 2.85. The first-order chi connectivity index (χ1) is 11.4. The first kappa shape index (κ1) is 16.7. The molecular formula is C15H12BF3N2O2S. The van der Waals surface area contributed by atoms with Crippen LogP contribution >= 0.6 is 11.8 Å². The monoisotopic (exact) mass is 352 g/mol. The molecule has 1 N–H and O–H groups in total. The lowest BCUT2D eigenvalue weighted by Gasteiger charge is -2.27. The second-order valence-corrected chi connectivity index (χ2v) is 5.88. The van der Waals surface area contributed by atoms with E-state index in [-0.39, 0.29) is 5.75 Å². The largest absolute Gasteiger partial charge is 0.573 e. The quantitative estimate of drug-likeness (QED) is 0.682. The van der Waals surface area contributed by atoms with Crippen LogP contribution in [-0.4, -0.2) is 30.9 Å². The van der Waals surface area contributed by atoms with Crippen molar-refractivity contribution >= 4 is 36.2 Å². The van der Waals surface area contributed by atoms with Crippen molar-refractivity contribution < 1.29 is 22.9 Å². The summed E-state index contributed by atoms with van der Waals surface area (Å²) in [7, 11) is -1.21. The molecular weight excluding hydrogens is 340 g/mol. The standard InChI is InChI=1S/C15H12BF3N2O2S/c1-24-13-4-2-3-11(7-13)21-16(22)14-8-12(23-15(17,18)19)6-5-10(14)9-20-21/h2-9,22H,1H3. The third-order valence-corrected chi connectivity index (χ3v) is 4.17. The van der Waals surface area contributed by atoms with E-state index >= 15 is 0 Å². The molecule has 3 rings (SSSR count). The van der Waals surface area contributed by atoms with Crippen LogP contribution in [0.1, 0.15) is 5.56 Å². The summed E-state index contributed by atoms with van der Waals surface area (Å²) in [5.41, 5.74) is 1.47. The van der Waals surface area contributed by atoms with Crippen LogP contribution in [0.4, 0.5) is 18.9 Å². The number of hydrogen-bond acceptors (Lipinski definition) is 5. The van der Waals surface area contributed by atoms with Crippen LogP contribution < -0.4 is 15.1 Å². The van der Waals surface area contributed by atoms with Gasteiger partial charge in [-0.05, 0) is 47.6 Å². The highest BCUT2D eigenvalue weighted by Gasteiger charge is 2.34. The first-order valence-electron chi connectivity index (χ1n) is 6.92. The van der Waals surface area contributed by atoms with Crippen LogP contribution in [0.2, 0.25) is 0 Å². The van der Waals surface area contributed by atoms with Gasteiger partial charge in [0.1, 0.15) is 5.75 Å². The summed E-state index contributed by atoms with van der Waals surface area (Å²) >= 11 is 1.54. The van der Waals surface area contributed by atoms with Gasteiger partial charge in [-0.2, -0.15) is 5.10 Å². The molecule has 4 nitrogen and oxygen atoms in total. The molecule has 0 bridgehead atoms. The molecule has 2 aromatic carbocycles. The molecule has 0 atom stereocenters. The van der Waals surface area contributed by atoms with Gasteiger partial charge in [0.05, 0.1) is 6.21 Å². The number of thioether (sulfide) groups is 1. The lowest BCUT2D eigenvalue weighted by atomic mass is 9.69. The Balaban J connectivity index is 1.93. The molecule has 1 heterocycles. The van der Waals surface area contributed by atoms with Crippen molar-refractivity contribution in [3.05, 3.63) is 48.0 Å². The van der Waals surface area contributed by atoms with E-state index in [1.54, 1.807) is 6.07 Å². The van der Waals surface area contributed by atoms with Gasteiger partial charge in [0.15, 0.2) is 0 Å². The highest BCUT2D eigenvalue weighted by molar-refractivity contribution is 7.98. The number of ether oxygens (including phenoxy) is 1. The molecule has 0 fully saturated rings. The van der Waals surface area contributed by atoms with Crippen molar-refractivity contribution in [3.63, 3.8) is 0 Å². The number of halogens is 3. The summed E-state index contributed by atoms with van der Waals surface area (Å²) in [4.78, 5) is 2.33. The zero-order valence-corrected chi connectivity index (χ0v) is 13.3. The number of rotatable bonds is 3. The summed E-state index contributed by atoms with van der Waals surface area (Å²) < 4.78 is 41.0. The van der Waals surface area contributed by atoms with Gasteiger partial charge in [-0.3, -0.25) is 4.92 Å². The first-order valence-corrected chi connectivity index (χ1v) is 8.15. The fourth-order valence-electron chi connectivity index (χ4n) is 2.37. The second-order valence-electron chi connectivity index (χ2n) is 5.00.